The zero-order valence-corrected chi connectivity index (χ0v) is 20.2. The molecule has 3 aromatic rings. The molecule has 8 nitrogen and oxygen atoms in total. The Labute approximate surface area is 200 Å². The molecule has 180 valence electrons. The van der Waals surface area contributed by atoms with Crippen LogP contribution in [0.3, 0.4) is 0 Å². The molecule has 0 radical (unpaired) electrons. The minimum absolute atomic E-state index is 0.149. The summed E-state index contributed by atoms with van der Waals surface area (Å²) in [6.07, 6.45) is 0. The Bertz CT molecular complexity index is 1200. The van der Waals surface area contributed by atoms with Gasteiger partial charge in [-0.2, -0.15) is 4.31 Å². The van der Waals surface area contributed by atoms with Gasteiger partial charge in [-0.15, -0.1) is 0 Å². The molecule has 3 rings (SSSR count). The Kier molecular flexibility index (Phi) is 8.50. The molecule has 0 unspecified atom stereocenters. The highest BCUT2D eigenvalue weighted by Crippen LogP contribution is 2.27. The second-order valence-electron chi connectivity index (χ2n) is 7.47. The van der Waals surface area contributed by atoms with Crippen LogP contribution in [0.15, 0.2) is 77.7 Å². The SMILES string of the molecule is COc1ccc(CNC(=O)COc2ccc(S(=O)(=O)N(C)Cc3ccccc3)cc2)cc1OC. The van der Waals surface area contributed by atoms with E-state index in [1.54, 1.807) is 26.4 Å². The van der Waals surface area contributed by atoms with Gasteiger partial charge >= 0.3 is 0 Å². The molecule has 0 fully saturated rings. The molecule has 0 aliphatic carbocycles. The van der Waals surface area contributed by atoms with Crippen molar-refractivity contribution in [3.63, 3.8) is 0 Å². The number of hydrogen-bond acceptors (Lipinski definition) is 6. The highest BCUT2D eigenvalue weighted by atomic mass is 32.2. The van der Waals surface area contributed by atoms with Crippen LogP contribution >= 0.6 is 0 Å². The van der Waals surface area contributed by atoms with Crippen LogP contribution in [0.2, 0.25) is 0 Å². The van der Waals surface area contributed by atoms with E-state index in [0.717, 1.165) is 11.1 Å². The highest BCUT2D eigenvalue weighted by molar-refractivity contribution is 7.89. The summed E-state index contributed by atoms with van der Waals surface area (Å²) >= 11 is 0. The van der Waals surface area contributed by atoms with E-state index in [-0.39, 0.29) is 24.0 Å². The van der Waals surface area contributed by atoms with E-state index < -0.39 is 10.0 Å². The van der Waals surface area contributed by atoms with Crippen LogP contribution in [0.25, 0.3) is 0 Å². The van der Waals surface area contributed by atoms with Crippen molar-refractivity contribution in [3.8, 4) is 17.2 Å². The molecule has 1 amide bonds. The van der Waals surface area contributed by atoms with Crippen molar-refractivity contribution in [1.29, 1.82) is 0 Å². The second kappa shape index (κ2) is 11.5. The topological polar surface area (TPSA) is 94.2 Å². The van der Waals surface area contributed by atoms with E-state index in [2.05, 4.69) is 5.32 Å². The second-order valence-corrected chi connectivity index (χ2v) is 9.52. The van der Waals surface area contributed by atoms with E-state index in [9.17, 15) is 13.2 Å². The van der Waals surface area contributed by atoms with Crippen LogP contribution in [0.4, 0.5) is 0 Å². The van der Waals surface area contributed by atoms with E-state index in [0.29, 0.717) is 23.8 Å². The maximum Gasteiger partial charge on any atom is 0.258 e. The predicted octanol–water partition coefficient (Wildman–Crippen LogP) is 3.22. The molecule has 0 spiro atoms. The molecule has 34 heavy (non-hydrogen) atoms. The van der Waals surface area contributed by atoms with Crippen molar-refractivity contribution in [3.05, 3.63) is 83.9 Å². The van der Waals surface area contributed by atoms with Gasteiger partial charge in [0.05, 0.1) is 19.1 Å². The van der Waals surface area contributed by atoms with Gasteiger partial charge in [-0.05, 0) is 47.5 Å². The molecule has 0 saturated carbocycles. The Balaban J connectivity index is 1.52. The molecule has 0 heterocycles. The fourth-order valence-corrected chi connectivity index (χ4v) is 4.36. The molecule has 1 N–H and O–H groups in total. The van der Waals surface area contributed by atoms with E-state index in [1.165, 1.54) is 35.6 Å². The molecule has 0 aliphatic rings. The Morgan fingerprint density at radius 1 is 0.882 bits per heavy atom. The number of rotatable bonds is 11. The number of carbonyl (C=O) groups excluding carboxylic acids is 1. The van der Waals surface area contributed by atoms with Crippen molar-refractivity contribution in [2.45, 2.75) is 18.0 Å². The van der Waals surface area contributed by atoms with E-state index in [1.807, 2.05) is 36.4 Å². The van der Waals surface area contributed by atoms with Crippen LogP contribution in [-0.2, 0) is 27.9 Å². The molecule has 9 heteroatoms. The molecule has 0 saturated heterocycles. The molecule has 0 bridgehead atoms. The monoisotopic (exact) mass is 484 g/mol. The minimum atomic E-state index is -3.66. The fourth-order valence-electron chi connectivity index (χ4n) is 3.20. The number of sulfonamides is 1. The summed E-state index contributed by atoms with van der Waals surface area (Å²) in [5.41, 5.74) is 1.74. The Hall–Kier alpha value is -3.56. The summed E-state index contributed by atoms with van der Waals surface area (Å²) in [6.45, 7) is 0.364. The normalized spacial score (nSPS) is 11.2. The molecule has 0 atom stereocenters. The number of hydrogen-bond donors (Lipinski definition) is 1. The van der Waals surface area contributed by atoms with Gasteiger partial charge in [-0.3, -0.25) is 4.79 Å². The lowest BCUT2D eigenvalue weighted by molar-refractivity contribution is -0.123. The summed E-state index contributed by atoms with van der Waals surface area (Å²) in [5.74, 6) is 1.27. The molecule has 0 aliphatic heterocycles. The number of benzene rings is 3. The predicted molar refractivity (Wildman–Crippen MR) is 128 cm³/mol. The lowest BCUT2D eigenvalue weighted by atomic mass is 10.2. The largest absolute Gasteiger partial charge is 0.493 e. The van der Waals surface area contributed by atoms with Gasteiger partial charge in [0.2, 0.25) is 10.0 Å². The minimum Gasteiger partial charge on any atom is -0.493 e. The lowest BCUT2D eigenvalue weighted by Crippen LogP contribution is -2.28. The van der Waals surface area contributed by atoms with Gasteiger partial charge in [-0.25, -0.2) is 8.42 Å². The molecular weight excluding hydrogens is 456 g/mol. The summed E-state index contributed by atoms with van der Waals surface area (Å²) in [7, 11) is 0.986. The zero-order valence-electron chi connectivity index (χ0n) is 19.4. The van der Waals surface area contributed by atoms with E-state index in [4.69, 9.17) is 14.2 Å². The smallest absolute Gasteiger partial charge is 0.258 e. The van der Waals surface area contributed by atoms with Crippen LogP contribution in [0, 0.1) is 0 Å². The van der Waals surface area contributed by atoms with Gasteiger partial charge in [0.25, 0.3) is 5.91 Å². The Morgan fingerprint density at radius 2 is 1.56 bits per heavy atom. The lowest BCUT2D eigenvalue weighted by Gasteiger charge is -2.17. The van der Waals surface area contributed by atoms with Crippen LogP contribution in [0.5, 0.6) is 17.2 Å². The van der Waals surface area contributed by atoms with Gasteiger partial charge in [-0.1, -0.05) is 36.4 Å². The average Bonchev–Trinajstić information content (AvgIpc) is 2.86. The fraction of sp³-hybridized carbons (Fsp3) is 0.240. The first-order valence-corrected chi connectivity index (χ1v) is 12.0. The number of ether oxygens (including phenoxy) is 3. The van der Waals surface area contributed by atoms with Crippen LogP contribution in [0.1, 0.15) is 11.1 Å². The third kappa shape index (κ3) is 6.49. The maximum atomic E-state index is 12.8. The quantitative estimate of drug-likeness (QED) is 0.449. The standard InChI is InChI=1S/C25H28N2O6S/c1-27(17-19-7-5-4-6-8-19)34(29,30)22-12-10-21(11-13-22)33-18-25(28)26-16-20-9-14-23(31-2)24(15-20)32-3/h4-15H,16-18H2,1-3H3,(H,26,28). The van der Waals surface area contributed by atoms with Crippen molar-refractivity contribution < 1.29 is 27.4 Å². The number of carbonyl (C=O) groups is 1. The average molecular weight is 485 g/mol. The Morgan fingerprint density at radius 3 is 2.21 bits per heavy atom. The summed E-state index contributed by atoms with van der Waals surface area (Å²) in [4.78, 5) is 12.3. The summed E-state index contributed by atoms with van der Waals surface area (Å²) < 4.78 is 42.9. The van der Waals surface area contributed by atoms with Crippen LogP contribution < -0.4 is 19.5 Å². The molecule has 3 aromatic carbocycles. The van der Waals surface area contributed by atoms with Gasteiger partial charge in [0.15, 0.2) is 18.1 Å². The van der Waals surface area contributed by atoms with Crippen molar-refractivity contribution in [2.24, 2.45) is 0 Å². The first kappa shape index (κ1) is 25.1. The first-order valence-electron chi connectivity index (χ1n) is 10.5. The van der Waals surface area contributed by atoms with Gasteiger partial charge < -0.3 is 19.5 Å². The van der Waals surface area contributed by atoms with Crippen molar-refractivity contribution in [1.82, 2.24) is 9.62 Å². The number of amides is 1. The molecule has 0 aromatic heterocycles. The number of nitrogens with one attached hydrogen (secondary N) is 1. The third-order valence-electron chi connectivity index (χ3n) is 5.09. The third-order valence-corrected chi connectivity index (χ3v) is 6.91. The maximum absolute atomic E-state index is 12.8. The number of nitrogens with zero attached hydrogens (tertiary/aromatic N) is 1. The van der Waals surface area contributed by atoms with E-state index >= 15 is 0 Å². The van der Waals surface area contributed by atoms with Crippen molar-refractivity contribution in [2.75, 3.05) is 27.9 Å². The van der Waals surface area contributed by atoms with Crippen LogP contribution in [-0.4, -0.2) is 46.5 Å². The molecular formula is C25H28N2O6S. The van der Waals surface area contributed by atoms with Gasteiger partial charge in [0, 0.05) is 20.1 Å². The van der Waals surface area contributed by atoms with Crippen molar-refractivity contribution >= 4 is 15.9 Å². The van der Waals surface area contributed by atoms with Gasteiger partial charge in [0.1, 0.15) is 5.75 Å². The first-order chi connectivity index (χ1) is 16.3. The highest BCUT2D eigenvalue weighted by Gasteiger charge is 2.21. The summed E-state index contributed by atoms with van der Waals surface area (Å²) in [6, 6.07) is 20.7. The number of methoxy groups -OCH3 is 2. The summed E-state index contributed by atoms with van der Waals surface area (Å²) in [5, 5.41) is 2.77. The zero-order chi connectivity index (χ0) is 24.6.